The molecule has 2 fully saturated rings. The molecule has 2 aliphatic rings. The molecular weight excluding hydrogens is 240 g/mol. The molecule has 4 heteroatoms. The molecule has 0 radical (unpaired) electrons. The number of amides is 1. The van der Waals surface area contributed by atoms with E-state index in [1.54, 1.807) is 0 Å². The van der Waals surface area contributed by atoms with E-state index >= 15 is 0 Å². The lowest BCUT2D eigenvalue weighted by atomic mass is 10.1. The molecule has 3 rings (SSSR count). The highest BCUT2D eigenvalue weighted by Gasteiger charge is 2.24. The van der Waals surface area contributed by atoms with Crippen LogP contribution in [0.15, 0.2) is 24.3 Å². The lowest BCUT2D eigenvalue weighted by Gasteiger charge is -2.22. The first-order chi connectivity index (χ1) is 9.34. The Morgan fingerprint density at radius 3 is 2.79 bits per heavy atom. The third kappa shape index (κ3) is 2.73. The van der Waals surface area contributed by atoms with E-state index in [0.717, 1.165) is 30.9 Å². The van der Waals surface area contributed by atoms with Crippen molar-refractivity contribution in [3.05, 3.63) is 24.3 Å². The smallest absolute Gasteiger partial charge is 0.229 e. The van der Waals surface area contributed by atoms with Crippen molar-refractivity contribution in [2.24, 2.45) is 5.92 Å². The normalized spacial score (nSPS) is 22.7. The lowest BCUT2D eigenvalue weighted by molar-refractivity contribution is -0.119. The lowest BCUT2D eigenvalue weighted by Crippen LogP contribution is -2.25. The minimum absolute atomic E-state index is 0.00614. The number of nitrogens with one attached hydrogen (secondary N) is 1. The predicted octanol–water partition coefficient (Wildman–Crippen LogP) is 2.26. The summed E-state index contributed by atoms with van der Waals surface area (Å²) < 4.78 is 5.27. The number of ether oxygens (including phenoxy) is 1. The molecule has 1 aromatic carbocycles. The van der Waals surface area contributed by atoms with Crippen molar-refractivity contribution < 1.29 is 9.53 Å². The second-order valence-electron chi connectivity index (χ2n) is 5.26. The van der Waals surface area contributed by atoms with E-state index in [9.17, 15) is 4.79 Å². The van der Waals surface area contributed by atoms with Crippen molar-refractivity contribution in [1.29, 1.82) is 0 Å². The van der Waals surface area contributed by atoms with Gasteiger partial charge in [-0.05, 0) is 31.4 Å². The number of benzene rings is 1. The molecule has 0 spiro atoms. The fraction of sp³-hybridized carbons (Fsp3) is 0.533. The van der Waals surface area contributed by atoms with Gasteiger partial charge in [0.05, 0.1) is 23.9 Å². The van der Waals surface area contributed by atoms with Gasteiger partial charge in [-0.3, -0.25) is 4.79 Å². The largest absolute Gasteiger partial charge is 0.381 e. The number of para-hydroxylation sites is 2. The van der Waals surface area contributed by atoms with E-state index in [0.29, 0.717) is 13.2 Å². The second-order valence-corrected chi connectivity index (χ2v) is 5.26. The summed E-state index contributed by atoms with van der Waals surface area (Å²) in [5.74, 6) is 0.0933. The fourth-order valence-electron chi connectivity index (χ4n) is 2.79. The molecule has 1 amide bonds. The van der Waals surface area contributed by atoms with Gasteiger partial charge in [0.1, 0.15) is 0 Å². The van der Waals surface area contributed by atoms with Gasteiger partial charge in [0.2, 0.25) is 5.91 Å². The Morgan fingerprint density at radius 2 is 2.05 bits per heavy atom. The van der Waals surface area contributed by atoms with E-state index in [2.05, 4.69) is 16.3 Å². The van der Waals surface area contributed by atoms with Gasteiger partial charge < -0.3 is 15.0 Å². The highest BCUT2D eigenvalue weighted by molar-refractivity contribution is 5.96. The molecule has 0 aromatic heterocycles. The molecule has 19 heavy (non-hydrogen) atoms. The minimum atomic E-state index is 0.00614. The number of nitrogens with zero attached hydrogens (tertiary/aromatic N) is 1. The highest BCUT2D eigenvalue weighted by atomic mass is 16.5. The Bertz CT molecular complexity index is 449. The molecule has 102 valence electrons. The number of carbonyl (C=O) groups is 1. The first kappa shape index (κ1) is 12.5. The summed E-state index contributed by atoms with van der Waals surface area (Å²) in [6.45, 7) is 3.42. The molecule has 0 unspecified atom stereocenters. The topological polar surface area (TPSA) is 41.6 Å². The summed E-state index contributed by atoms with van der Waals surface area (Å²) in [5, 5.41) is 3.07. The summed E-state index contributed by atoms with van der Waals surface area (Å²) in [7, 11) is 0. The molecular formula is C15H20N2O2. The van der Waals surface area contributed by atoms with E-state index < -0.39 is 0 Å². The zero-order valence-electron chi connectivity index (χ0n) is 11.1. The maximum atomic E-state index is 12.2. The Morgan fingerprint density at radius 1 is 1.26 bits per heavy atom. The van der Waals surface area contributed by atoms with E-state index in [1.165, 1.54) is 12.8 Å². The van der Waals surface area contributed by atoms with Crippen LogP contribution in [0.5, 0.6) is 0 Å². The maximum Gasteiger partial charge on any atom is 0.229 e. The summed E-state index contributed by atoms with van der Waals surface area (Å²) in [4.78, 5) is 14.5. The highest BCUT2D eigenvalue weighted by Crippen LogP contribution is 2.29. The fourth-order valence-corrected chi connectivity index (χ4v) is 2.79. The number of carbonyl (C=O) groups excluding carboxylic acids is 1. The van der Waals surface area contributed by atoms with Crippen LogP contribution in [-0.2, 0) is 9.53 Å². The van der Waals surface area contributed by atoms with Crippen LogP contribution in [0.2, 0.25) is 0 Å². The van der Waals surface area contributed by atoms with E-state index in [1.807, 2.05) is 18.2 Å². The first-order valence-electron chi connectivity index (χ1n) is 7.07. The van der Waals surface area contributed by atoms with Gasteiger partial charge in [-0.1, -0.05) is 12.1 Å². The Balaban J connectivity index is 1.74. The molecule has 2 heterocycles. The molecule has 2 saturated heterocycles. The Hall–Kier alpha value is -1.55. The Kier molecular flexibility index (Phi) is 3.69. The molecule has 0 aliphatic carbocycles. The average Bonchev–Trinajstić information content (AvgIpc) is 3.13. The zero-order chi connectivity index (χ0) is 13.1. The number of hydrogen-bond donors (Lipinski definition) is 1. The van der Waals surface area contributed by atoms with Crippen LogP contribution >= 0.6 is 0 Å². The minimum Gasteiger partial charge on any atom is -0.381 e. The van der Waals surface area contributed by atoms with Crippen LogP contribution in [0.4, 0.5) is 11.4 Å². The number of rotatable bonds is 3. The monoisotopic (exact) mass is 260 g/mol. The van der Waals surface area contributed by atoms with Crippen molar-refractivity contribution in [2.75, 3.05) is 36.5 Å². The summed E-state index contributed by atoms with van der Waals surface area (Å²) >= 11 is 0. The van der Waals surface area contributed by atoms with Crippen LogP contribution < -0.4 is 10.2 Å². The van der Waals surface area contributed by atoms with Gasteiger partial charge in [0.15, 0.2) is 0 Å². The van der Waals surface area contributed by atoms with Gasteiger partial charge in [0, 0.05) is 19.7 Å². The van der Waals surface area contributed by atoms with Crippen LogP contribution in [-0.4, -0.2) is 32.2 Å². The molecule has 0 bridgehead atoms. The van der Waals surface area contributed by atoms with Gasteiger partial charge in [-0.25, -0.2) is 0 Å². The molecule has 0 saturated carbocycles. The Labute approximate surface area is 113 Å². The van der Waals surface area contributed by atoms with Crippen LogP contribution in [0.25, 0.3) is 0 Å². The van der Waals surface area contributed by atoms with Crippen molar-refractivity contribution in [2.45, 2.75) is 19.3 Å². The van der Waals surface area contributed by atoms with Gasteiger partial charge in [-0.15, -0.1) is 0 Å². The third-order valence-electron chi connectivity index (χ3n) is 3.91. The van der Waals surface area contributed by atoms with Gasteiger partial charge in [0.25, 0.3) is 0 Å². The molecule has 1 N–H and O–H groups in total. The van der Waals surface area contributed by atoms with Gasteiger partial charge in [-0.2, -0.15) is 0 Å². The van der Waals surface area contributed by atoms with E-state index in [4.69, 9.17) is 4.74 Å². The number of anilines is 2. The van der Waals surface area contributed by atoms with Crippen LogP contribution in [0.1, 0.15) is 19.3 Å². The maximum absolute atomic E-state index is 12.2. The zero-order valence-corrected chi connectivity index (χ0v) is 11.1. The van der Waals surface area contributed by atoms with Crippen LogP contribution in [0.3, 0.4) is 0 Å². The third-order valence-corrected chi connectivity index (χ3v) is 3.91. The van der Waals surface area contributed by atoms with E-state index in [-0.39, 0.29) is 11.8 Å². The summed E-state index contributed by atoms with van der Waals surface area (Å²) in [6.07, 6.45) is 3.30. The SMILES string of the molecule is O=C(Nc1ccccc1N1CCCC1)[C@@H]1CCOC1. The molecule has 1 aromatic rings. The standard InChI is InChI=1S/C15H20N2O2/c18-15(12-7-10-19-11-12)16-13-5-1-2-6-14(13)17-8-3-4-9-17/h1-2,5-6,12H,3-4,7-11H2,(H,16,18)/t12-/m1/s1. The first-order valence-corrected chi connectivity index (χ1v) is 7.07. The summed E-state index contributed by atoms with van der Waals surface area (Å²) in [5.41, 5.74) is 2.08. The number of hydrogen-bond acceptors (Lipinski definition) is 3. The van der Waals surface area contributed by atoms with Crippen molar-refractivity contribution in [1.82, 2.24) is 0 Å². The van der Waals surface area contributed by atoms with Gasteiger partial charge >= 0.3 is 0 Å². The van der Waals surface area contributed by atoms with Crippen molar-refractivity contribution >= 4 is 17.3 Å². The van der Waals surface area contributed by atoms with Crippen molar-refractivity contribution in [3.63, 3.8) is 0 Å². The van der Waals surface area contributed by atoms with Crippen LogP contribution in [0, 0.1) is 5.92 Å². The summed E-state index contributed by atoms with van der Waals surface area (Å²) in [6, 6.07) is 8.08. The second kappa shape index (κ2) is 5.61. The quantitative estimate of drug-likeness (QED) is 0.906. The average molecular weight is 260 g/mol. The molecule has 4 nitrogen and oxygen atoms in total. The predicted molar refractivity (Wildman–Crippen MR) is 75.4 cm³/mol. The molecule has 2 aliphatic heterocycles. The van der Waals surface area contributed by atoms with Crippen molar-refractivity contribution in [3.8, 4) is 0 Å². The molecule has 1 atom stereocenters.